The van der Waals surface area contributed by atoms with Gasteiger partial charge in [0.2, 0.25) is 0 Å². The van der Waals surface area contributed by atoms with Crippen LogP contribution in [0.5, 0.6) is 0 Å². The molecule has 3 nitrogen and oxygen atoms in total. The van der Waals surface area contributed by atoms with E-state index < -0.39 is 0 Å². The molecule has 2 heterocycles. The Bertz CT molecular complexity index is 2970. The average Bonchev–Trinajstić information content (AvgIpc) is 3.68. The maximum absolute atomic E-state index is 6.47. The zero-order valence-corrected chi connectivity index (χ0v) is 28.9. The van der Waals surface area contributed by atoms with Gasteiger partial charge in [0.15, 0.2) is 5.76 Å². The third-order valence-corrected chi connectivity index (χ3v) is 11.5. The fourth-order valence-corrected chi connectivity index (χ4v) is 8.97. The van der Waals surface area contributed by atoms with Gasteiger partial charge in [0.05, 0.1) is 0 Å². The Hall–Kier alpha value is -6.45. The molecule has 1 unspecified atom stereocenters. The number of nitrogens with one attached hydrogen (secondary N) is 1. The topological polar surface area (TPSA) is 37.5 Å². The van der Waals surface area contributed by atoms with E-state index in [2.05, 4.69) is 165 Å². The second-order valence-corrected chi connectivity index (χ2v) is 14.7. The molecule has 8 aromatic carbocycles. The van der Waals surface area contributed by atoms with Crippen molar-refractivity contribution in [2.45, 2.75) is 25.3 Å². The Balaban J connectivity index is 1.15. The Morgan fingerprint density at radius 2 is 1.19 bits per heavy atom. The monoisotopic (exact) mass is 666 g/mol. The first-order valence-corrected chi connectivity index (χ1v) is 18.1. The van der Waals surface area contributed by atoms with Gasteiger partial charge in [-0.05, 0) is 102 Å². The van der Waals surface area contributed by atoms with Gasteiger partial charge < -0.3 is 9.73 Å². The zero-order valence-electron chi connectivity index (χ0n) is 28.9. The number of benzene rings is 8. The van der Waals surface area contributed by atoms with Gasteiger partial charge in [-0.15, -0.1) is 0 Å². The fraction of sp³-hybridized carbons (Fsp3) is 0.0816. The van der Waals surface area contributed by atoms with Crippen molar-refractivity contribution in [3.63, 3.8) is 0 Å². The van der Waals surface area contributed by atoms with Gasteiger partial charge in [-0.3, -0.25) is 0 Å². The molecule has 52 heavy (non-hydrogen) atoms. The molecule has 0 saturated carbocycles. The molecule has 0 radical (unpaired) electrons. The van der Waals surface area contributed by atoms with Crippen molar-refractivity contribution in [1.29, 1.82) is 0 Å². The van der Waals surface area contributed by atoms with Crippen LogP contribution in [0.2, 0.25) is 0 Å². The summed E-state index contributed by atoms with van der Waals surface area (Å²) in [6.07, 6.45) is 0. The standard InChI is InChI=1S/C49H34N2O/c1-49(2)40-28-32(48-50-45(29-14-4-3-5-15-29)47-46(51-48)38-22-12-13-23-42(38)52-47)24-25-37(40)44-41(49)27-31-17-7-9-19-34(31)43(44)39-26-30-16-6-8-18-33(30)35-20-10-11-21-36(35)39/h3-28,45H,1-2H3,(H,50,51). The van der Waals surface area contributed by atoms with Gasteiger partial charge in [0.25, 0.3) is 0 Å². The Morgan fingerprint density at radius 3 is 2.00 bits per heavy atom. The van der Waals surface area contributed by atoms with Gasteiger partial charge in [0.1, 0.15) is 23.1 Å². The predicted octanol–water partition coefficient (Wildman–Crippen LogP) is 12.6. The van der Waals surface area contributed by atoms with E-state index in [1.165, 1.54) is 65.7 Å². The number of furan rings is 1. The van der Waals surface area contributed by atoms with Crippen LogP contribution in [0, 0.1) is 0 Å². The molecule has 1 aromatic heterocycles. The maximum atomic E-state index is 6.47. The summed E-state index contributed by atoms with van der Waals surface area (Å²) in [6.45, 7) is 4.76. The Kier molecular flexibility index (Phi) is 6.07. The highest BCUT2D eigenvalue weighted by Gasteiger charge is 2.39. The quantitative estimate of drug-likeness (QED) is 0.191. The SMILES string of the molecule is CC1(C)c2cc(C3=Nc4c(oc5ccccc45)C(c4ccccc4)N3)ccc2-c2c1cc1ccccc1c2-c1cc2ccccc2c2ccccc12. The first kappa shape index (κ1) is 29.3. The summed E-state index contributed by atoms with van der Waals surface area (Å²) in [5.74, 6) is 1.71. The summed E-state index contributed by atoms with van der Waals surface area (Å²) in [4.78, 5) is 5.29. The minimum absolute atomic E-state index is 0.160. The summed E-state index contributed by atoms with van der Waals surface area (Å²) in [5.41, 5.74) is 11.6. The molecular weight excluding hydrogens is 633 g/mol. The molecule has 3 heteroatoms. The predicted molar refractivity (Wildman–Crippen MR) is 216 cm³/mol. The molecule has 11 rings (SSSR count). The van der Waals surface area contributed by atoms with Gasteiger partial charge in [-0.25, -0.2) is 4.99 Å². The molecule has 1 aliphatic heterocycles. The summed E-state index contributed by atoms with van der Waals surface area (Å²) in [5, 5.41) is 12.5. The normalized spacial score (nSPS) is 15.7. The third kappa shape index (κ3) is 4.11. The second-order valence-electron chi connectivity index (χ2n) is 14.7. The number of hydrogen-bond acceptors (Lipinski definition) is 3. The van der Waals surface area contributed by atoms with Crippen LogP contribution in [0.15, 0.2) is 167 Å². The number of nitrogens with zero attached hydrogens (tertiary/aromatic N) is 1. The lowest BCUT2D eigenvalue weighted by molar-refractivity contribution is 0.503. The number of aliphatic imine (C=N–C) groups is 1. The second kappa shape index (κ2) is 10.8. The first-order chi connectivity index (χ1) is 25.5. The maximum Gasteiger partial charge on any atom is 0.157 e. The molecule has 2 aliphatic rings. The lowest BCUT2D eigenvalue weighted by Gasteiger charge is -2.26. The van der Waals surface area contributed by atoms with Crippen LogP contribution in [-0.4, -0.2) is 5.84 Å². The molecule has 1 aliphatic carbocycles. The van der Waals surface area contributed by atoms with Gasteiger partial charge in [0, 0.05) is 16.4 Å². The molecule has 0 spiro atoms. The number of para-hydroxylation sites is 1. The van der Waals surface area contributed by atoms with E-state index in [9.17, 15) is 0 Å². The molecule has 0 fully saturated rings. The summed E-state index contributed by atoms with van der Waals surface area (Å²) in [6, 6.07) is 57.0. The minimum atomic E-state index is -0.242. The Labute approximate surface area is 301 Å². The van der Waals surface area contributed by atoms with E-state index in [1.807, 2.05) is 12.1 Å². The largest absolute Gasteiger partial charge is 0.456 e. The average molecular weight is 667 g/mol. The van der Waals surface area contributed by atoms with Crippen molar-refractivity contribution in [3.8, 4) is 22.3 Å². The highest BCUT2D eigenvalue weighted by atomic mass is 16.3. The lowest BCUT2D eigenvalue weighted by Crippen LogP contribution is -2.32. The van der Waals surface area contributed by atoms with Crippen LogP contribution >= 0.6 is 0 Å². The van der Waals surface area contributed by atoms with E-state index >= 15 is 0 Å². The number of hydrogen-bond donors (Lipinski definition) is 1. The van der Waals surface area contributed by atoms with Crippen LogP contribution in [-0.2, 0) is 5.41 Å². The molecule has 246 valence electrons. The van der Waals surface area contributed by atoms with Crippen molar-refractivity contribution in [2.24, 2.45) is 4.99 Å². The molecule has 1 N–H and O–H groups in total. The number of amidine groups is 1. The smallest absolute Gasteiger partial charge is 0.157 e. The molecule has 1 atom stereocenters. The van der Waals surface area contributed by atoms with E-state index in [0.717, 1.165) is 39.4 Å². The van der Waals surface area contributed by atoms with Gasteiger partial charge in [-0.1, -0.05) is 141 Å². The van der Waals surface area contributed by atoms with Crippen LogP contribution < -0.4 is 5.32 Å². The third-order valence-electron chi connectivity index (χ3n) is 11.5. The summed E-state index contributed by atoms with van der Waals surface area (Å²) < 4.78 is 6.47. The van der Waals surface area contributed by atoms with Crippen LogP contribution in [0.4, 0.5) is 5.69 Å². The van der Waals surface area contributed by atoms with Crippen LogP contribution in [0.3, 0.4) is 0 Å². The van der Waals surface area contributed by atoms with Gasteiger partial charge in [-0.2, -0.15) is 0 Å². The molecule has 9 aromatic rings. The first-order valence-electron chi connectivity index (χ1n) is 18.1. The van der Waals surface area contributed by atoms with Gasteiger partial charge >= 0.3 is 0 Å². The fourth-order valence-electron chi connectivity index (χ4n) is 8.97. The molecule has 0 amide bonds. The van der Waals surface area contributed by atoms with Crippen LogP contribution in [0.1, 0.15) is 47.9 Å². The molecular formula is C49H34N2O. The van der Waals surface area contributed by atoms with E-state index in [4.69, 9.17) is 9.41 Å². The van der Waals surface area contributed by atoms with Crippen molar-refractivity contribution in [3.05, 3.63) is 186 Å². The van der Waals surface area contributed by atoms with E-state index in [-0.39, 0.29) is 11.5 Å². The van der Waals surface area contributed by atoms with Crippen molar-refractivity contribution in [2.75, 3.05) is 0 Å². The van der Waals surface area contributed by atoms with Crippen molar-refractivity contribution in [1.82, 2.24) is 5.32 Å². The van der Waals surface area contributed by atoms with Crippen molar-refractivity contribution >= 4 is 54.8 Å². The van der Waals surface area contributed by atoms with Crippen LogP contribution in [0.25, 0.3) is 65.5 Å². The highest BCUT2D eigenvalue weighted by molar-refractivity contribution is 6.19. The van der Waals surface area contributed by atoms with E-state index in [0.29, 0.717) is 0 Å². The lowest BCUT2D eigenvalue weighted by atomic mass is 9.79. The zero-order chi connectivity index (χ0) is 34.6. The summed E-state index contributed by atoms with van der Waals surface area (Å²) in [7, 11) is 0. The number of rotatable bonds is 3. The number of fused-ring (bicyclic) bond motifs is 10. The molecule has 0 bridgehead atoms. The summed E-state index contributed by atoms with van der Waals surface area (Å²) >= 11 is 0. The minimum Gasteiger partial charge on any atom is -0.456 e. The Morgan fingerprint density at radius 1 is 0.538 bits per heavy atom. The van der Waals surface area contributed by atoms with E-state index in [1.54, 1.807) is 0 Å². The van der Waals surface area contributed by atoms with Crippen molar-refractivity contribution < 1.29 is 4.42 Å². The highest BCUT2D eigenvalue weighted by Crippen LogP contribution is 2.56. The molecule has 0 saturated heterocycles.